The molecule has 0 aromatic heterocycles. The van der Waals surface area contributed by atoms with Gasteiger partial charge in [-0.2, -0.15) is 0 Å². The third kappa shape index (κ3) is 17.8. The van der Waals surface area contributed by atoms with E-state index in [9.17, 15) is 4.57 Å². The molecule has 0 bridgehead atoms. The summed E-state index contributed by atoms with van der Waals surface area (Å²) >= 11 is 0. The fraction of sp³-hybridized carbons (Fsp3) is 1.00. The van der Waals surface area contributed by atoms with Crippen LogP contribution < -0.4 is 16.3 Å². The summed E-state index contributed by atoms with van der Waals surface area (Å²) < 4.78 is 14.3. The number of hydrogen-bond donors (Lipinski definition) is 4. The minimum Gasteiger partial charge on any atom is -0.379 e. The van der Waals surface area contributed by atoms with E-state index in [1.54, 1.807) is 0 Å². The molecule has 0 saturated carbocycles. The first-order valence-corrected chi connectivity index (χ1v) is 4.98. The minimum absolute atomic E-state index is 0.889. The third-order valence-electron chi connectivity index (χ3n) is 0.846. The maximum absolute atomic E-state index is 9.33. The van der Waals surface area contributed by atoms with Crippen LogP contribution in [0, 0.1) is 0 Å². The summed E-state index contributed by atoms with van der Waals surface area (Å²) in [6.07, 6.45) is 0. The summed E-state index contributed by atoms with van der Waals surface area (Å²) in [5.41, 5.74) is 8.49. The van der Waals surface area contributed by atoms with Crippen LogP contribution in [0.1, 0.15) is 0 Å². The molecule has 1 fully saturated rings. The van der Waals surface area contributed by atoms with Gasteiger partial charge >= 0.3 is 7.67 Å². The summed E-state index contributed by atoms with van der Waals surface area (Å²) in [6, 6.07) is 0. The predicted molar refractivity (Wildman–Crippen MR) is 41.9 cm³/mol. The van der Waals surface area contributed by atoms with Crippen LogP contribution in [0.5, 0.6) is 0 Å². The first-order chi connectivity index (χ1) is 5.00. The van der Waals surface area contributed by atoms with E-state index in [-0.39, 0.29) is 0 Å². The highest BCUT2D eigenvalue weighted by atomic mass is 31.2. The van der Waals surface area contributed by atoms with Gasteiger partial charge in [0.05, 0.1) is 13.2 Å². The standard InChI is InChI=1S/C4H9NO.H5N2O2P/c1-3-6-4-2-5-1;1-5(2,3)4/h5H,1-4H2;(H5,1,2,3,4). The van der Waals surface area contributed by atoms with Crippen molar-refractivity contribution in [3.05, 3.63) is 0 Å². The zero-order valence-electron chi connectivity index (χ0n) is 6.19. The lowest BCUT2D eigenvalue weighted by atomic mass is 10.5. The van der Waals surface area contributed by atoms with Crippen molar-refractivity contribution in [2.75, 3.05) is 26.3 Å². The van der Waals surface area contributed by atoms with Crippen molar-refractivity contribution in [2.24, 2.45) is 11.0 Å². The first kappa shape index (κ1) is 11.0. The molecule has 0 unspecified atom stereocenters. The Morgan fingerprint density at radius 1 is 1.36 bits per heavy atom. The van der Waals surface area contributed by atoms with E-state index in [0.29, 0.717) is 0 Å². The van der Waals surface area contributed by atoms with Crippen molar-refractivity contribution in [3.63, 3.8) is 0 Å². The van der Waals surface area contributed by atoms with Crippen LogP contribution in [0.2, 0.25) is 0 Å². The molecule has 6 N–H and O–H groups in total. The molecule has 7 heteroatoms. The lowest BCUT2D eigenvalue weighted by Crippen LogP contribution is -2.30. The Morgan fingerprint density at radius 3 is 1.82 bits per heavy atom. The fourth-order valence-electron chi connectivity index (χ4n) is 0.516. The van der Waals surface area contributed by atoms with E-state index in [1.807, 2.05) is 0 Å². The number of morpholine rings is 1. The molecule has 1 rings (SSSR count). The molecular weight excluding hydrogens is 169 g/mol. The van der Waals surface area contributed by atoms with E-state index < -0.39 is 7.67 Å². The molecule has 0 radical (unpaired) electrons. The number of nitrogens with one attached hydrogen (secondary N) is 1. The molecule has 0 aromatic carbocycles. The Bertz CT molecular complexity index is 113. The SMILES string of the molecule is C1COCCN1.NP(N)(=O)O. The molecule has 1 aliphatic rings. The summed E-state index contributed by atoms with van der Waals surface area (Å²) in [5.74, 6) is 0. The highest BCUT2D eigenvalue weighted by Crippen LogP contribution is 2.13. The maximum Gasteiger partial charge on any atom is 0.332 e. The van der Waals surface area contributed by atoms with Crippen molar-refractivity contribution in [3.8, 4) is 0 Å². The van der Waals surface area contributed by atoms with Crippen LogP contribution >= 0.6 is 7.67 Å². The van der Waals surface area contributed by atoms with Gasteiger partial charge in [-0.1, -0.05) is 0 Å². The number of rotatable bonds is 0. The molecule has 0 aromatic rings. The molecule has 1 heterocycles. The van der Waals surface area contributed by atoms with Gasteiger partial charge in [0.15, 0.2) is 0 Å². The van der Waals surface area contributed by atoms with Gasteiger partial charge in [-0.15, -0.1) is 0 Å². The number of hydrogen-bond acceptors (Lipinski definition) is 3. The van der Waals surface area contributed by atoms with E-state index in [4.69, 9.17) is 9.63 Å². The van der Waals surface area contributed by atoms with Crippen molar-refractivity contribution < 1.29 is 14.2 Å². The zero-order chi connectivity index (χ0) is 8.74. The quantitative estimate of drug-likeness (QED) is 0.344. The summed E-state index contributed by atoms with van der Waals surface area (Å²) in [6.45, 7) is 3.83. The van der Waals surface area contributed by atoms with Crippen LogP contribution in [-0.2, 0) is 9.30 Å². The molecule has 6 nitrogen and oxygen atoms in total. The molecular formula is C4H14N3O3P. The molecule has 0 atom stereocenters. The Hall–Kier alpha value is 0.0300. The Labute approximate surface area is 65.5 Å². The zero-order valence-corrected chi connectivity index (χ0v) is 7.09. The summed E-state index contributed by atoms with van der Waals surface area (Å²) in [5, 5.41) is 3.16. The van der Waals surface area contributed by atoms with E-state index >= 15 is 0 Å². The lowest BCUT2D eigenvalue weighted by Gasteiger charge is -2.10. The van der Waals surface area contributed by atoms with Crippen LogP contribution in [0.4, 0.5) is 0 Å². The molecule has 0 aliphatic carbocycles. The average molecular weight is 183 g/mol. The Kier molecular flexibility index (Phi) is 5.67. The van der Waals surface area contributed by atoms with E-state index in [0.717, 1.165) is 26.3 Å². The molecule has 0 spiro atoms. The highest BCUT2D eigenvalue weighted by Gasteiger charge is 1.93. The monoisotopic (exact) mass is 183 g/mol. The first-order valence-electron chi connectivity index (χ1n) is 3.18. The second kappa shape index (κ2) is 5.65. The largest absolute Gasteiger partial charge is 0.379 e. The van der Waals surface area contributed by atoms with Gasteiger partial charge in [0.1, 0.15) is 0 Å². The van der Waals surface area contributed by atoms with Crippen LogP contribution in [0.25, 0.3) is 0 Å². The predicted octanol–water partition coefficient (Wildman–Crippen LogP) is -1.39. The average Bonchev–Trinajstić information content (AvgIpc) is 1.88. The fourth-order valence-corrected chi connectivity index (χ4v) is 0.516. The van der Waals surface area contributed by atoms with Gasteiger partial charge < -0.3 is 14.9 Å². The summed E-state index contributed by atoms with van der Waals surface area (Å²) in [4.78, 5) is 7.63. The van der Waals surface area contributed by atoms with E-state index in [2.05, 4.69) is 16.3 Å². The van der Waals surface area contributed by atoms with Gasteiger partial charge in [-0.25, -0.2) is 11.0 Å². The van der Waals surface area contributed by atoms with Crippen molar-refractivity contribution in [1.82, 2.24) is 5.32 Å². The summed E-state index contributed by atoms with van der Waals surface area (Å²) in [7, 11) is -3.64. The van der Waals surface area contributed by atoms with Gasteiger partial charge in [0, 0.05) is 13.1 Å². The van der Waals surface area contributed by atoms with Crippen molar-refractivity contribution in [2.45, 2.75) is 0 Å². The number of nitrogens with two attached hydrogens (primary N) is 2. The third-order valence-corrected chi connectivity index (χ3v) is 0.846. The van der Waals surface area contributed by atoms with E-state index in [1.165, 1.54) is 0 Å². The molecule has 1 aliphatic heterocycles. The Morgan fingerprint density at radius 2 is 1.73 bits per heavy atom. The van der Waals surface area contributed by atoms with Crippen LogP contribution in [0.3, 0.4) is 0 Å². The minimum atomic E-state index is -3.64. The van der Waals surface area contributed by atoms with Crippen LogP contribution in [0.15, 0.2) is 0 Å². The molecule has 0 amide bonds. The molecule has 68 valence electrons. The second-order valence-electron chi connectivity index (χ2n) is 2.03. The maximum atomic E-state index is 9.33. The van der Waals surface area contributed by atoms with Crippen molar-refractivity contribution in [1.29, 1.82) is 0 Å². The molecule has 11 heavy (non-hydrogen) atoms. The van der Waals surface area contributed by atoms with Gasteiger partial charge in [-0.3, -0.25) is 4.57 Å². The van der Waals surface area contributed by atoms with Gasteiger partial charge in [0.2, 0.25) is 0 Å². The normalized spacial score (nSPS) is 18.5. The smallest absolute Gasteiger partial charge is 0.332 e. The second-order valence-corrected chi connectivity index (χ2v) is 3.38. The molecule has 1 saturated heterocycles. The van der Waals surface area contributed by atoms with Gasteiger partial charge in [-0.05, 0) is 0 Å². The lowest BCUT2D eigenvalue weighted by molar-refractivity contribution is 0.109. The Balaban J connectivity index is 0.000000187. The van der Waals surface area contributed by atoms with Crippen LogP contribution in [-0.4, -0.2) is 31.2 Å². The number of ether oxygens (including phenoxy) is 1. The van der Waals surface area contributed by atoms with Crippen molar-refractivity contribution >= 4 is 7.67 Å². The highest BCUT2D eigenvalue weighted by molar-refractivity contribution is 7.52. The topological polar surface area (TPSA) is 111 Å². The van der Waals surface area contributed by atoms with Gasteiger partial charge in [0.25, 0.3) is 0 Å².